The van der Waals surface area contributed by atoms with Crippen LogP contribution in [0.15, 0.2) is 10.4 Å². The molecule has 2 aliphatic heterocycles. The Morgan fingerprint density at radius 1 is 1.70 bits per heavy atom. The van der Waals surface area contributed by atoms with Crippen molar-refractivity contribution in [3.63, 3.8) is 0 Å². The number of nitrogens with two attached hydrogens (primary N) is 1. The molecule has 3 rings (SSSR count). The van der Waals surface area contributed by atoms with Gasteiger partial charge in [-0.1, -0.05) is 4.49 Å². The molecule has 2 aliphatic rings. The molecule has 2 saturated heterocycles. The second-order valence-electron chi connectivity index (χ2n) is 4.72. The van der Waals surface area contributed by atoms with Crippen molar-refractivity contribution in [3.05, 3.63) is 6.20 Å². The van der Waals surface area contributed by atoms with Crippen LogP contribution in [0.4, 0.5) is 0 Å². The molecule has 0 aliphatic carbocycles. The molecule has 0 radical (unpaired) electrons. The first-order valence-electron chi connectivity index (χ1n) is 5.87. The fraction of sp³-hybridized carbons (Fsp3) is 0.600. The summed E-state index contributed by atoms with van der Waals surface area (Å²) in [5, 5.41) is 12.9. The van der Waals surface area contributed by atoms with E-state index in [-0.39, 0.29) is 17.8 Å². The van der Waals surface area contributed by atoms with E-state index in [0.29, 0.717) is 12.2 Å². The van der Waals surface area contributed by atoms with Crippen molar-refractivity contribution in [3.8, 4) is 0 Å². The quantitative estimate of drug-likeness (QED) is 0.598. The Morgan fingerprint density at radius 3 is 3.10 bits per heavy atom. The highest BCUT2D eigenvalue weighted by molar-refractivity contribution is 8.01. The molecule has 0 bridgehead atoms. The van der Waals surface area contributed by atoms with Gasteiger partial charge >= 0.3 is 5.97 Å². The van der Waals surface area contributed by atoms with Crippen LogP contribution >= 0.6 is 35.1 Å². The van der Waals surface area contributed by atoms with E-state index in [0.717, 1.165) is 4.21 Å². The molecule has 1 aromatic heterocycles. The predicted octanol–water partition coefficient (Wildman–Crippen LogP) is 0.291. The van der Waals surface area contributed by atoms with Crippen LogP contribution in [0.5, 0.6) is 0 Å². The van der Waals surface area contributed by atoms with E-state index >= 15 is 0 Å². The van der Waals surface area contributed by atoms with Crippen LogP contribution in [0.1, 0.15) is 6.42 Å². The molecule has 7 nitrogen and oxygen atoms in total. The number of aliphatic carboxylic acids is 1. The monoisotopic (exact) mass is 332 g/mol. The number of hydrogen-bond acceptors (Lipinski definition) is 8. The highest BCUT2D eigenvalue weighted by atomic mass is 32.2. The maximum Gasteiger partial charge on any atom is 0.314 e. The van der Waals surface area contributed by atoms with Gasteiger partial charge in [-0.3, -0.25) is 9.59 Å². The summed E-state index contributed by atoms with van der Waals surface area (Å²) >= 11 is 3.97. The van der Waals surface area contributed by atoms with Crippen LogP contribution in [-0.2, 0) is 9.59 Å². The number of rotatable bonds is 4. The van der Waals surface area contributed by atoms with Gasteiger partial charge in [-0.2, -0.15) is 0 Å². The average Bonchev–Trinajstić information content (AvgIpc) is 2.90. The van der Waals surface area contributed by atoms with Crippen molar-refractivity contribution in [2.75, 3.05) is 12.3 Å². The number of carboxylic acids is 1. The molecular weight excluding hydrogens is 320 g/mol. The van der Waals surface area contributed by atoms with Gasteiger partial charge in [0.2, 0.25) is 5.91 Å². The lowest BCUT2D eigenvalue weighted by molar-refractivity contribution is -0.155. The topological polar surface area (TPSA) is 109 Å². The first kappa shape index (κ1) is 14.1. The lowest BCUT2D eigenvalue weighted by Crippen LogP contribution is -2.66. The Hall–Kier alpha value is -0.840. The number of aromatic nitrogens is 2. The molecule has 1 amide bonds. The number of amides is 1. The van der Waals surface area contributed by atoms with Crippen molar-refractivity contribution in [2.24, 2.45) is 11.1 Å². The summed E-state index contributed by atoms with van der Waals surface area (Å²) < 4.78 is 4.59. The summed E-state index contributed by atoms with van der Waals surface area (Å²) in [7, 11) is 0. The molecular formula is C10H12N4O3S3. The number of hydrogen-bond donors (Lipinski definition) is 2. The van der Waals surface area contributed by atoms with E-state index in [1.54, 1.807) is 11.1 Å². The standard InChI is InChI=1S/C10H12N4O3S3/c11-8-10(9(16)17,4-18-7-2-12-13-20-7)3-14-5(15)1-6(14)19-8/h2,6,8H,1,3-4,11H2,(H,16,17)/t6-,8?,10?/m1/s1. The van der Waals surface area contributed by atoms with Gasteiger partial charge in [0.1, 0.15) is 9.62 Å². The van der Waals surface area contributed by atoms with Crippen LogP contribution in [0.25, 0.3) is 0 Å². The number of fused-ring (bicyclic) bond motifs is 1. The zero-order valence-corrected chi connectivity index (χ0v) is 12.7. The van der Waals surface area contributed by atoms with Crippen LogP contribution in [0, 0.1) is 5.41 Å². The van der Waals surface area contributed by atoms with Crippen molar-refractivity contribution >= 4 is 46.9 Å². The Balaban J connectivity index is 1.79. The van der Waals surface area contributed by atoms with E-state index in [9.17, 15) is 14.7 Å². The second kappa shape index (κ2) is 5.17. The van der Waals surface area contributed by atoms with Gasteiger partial charge in [-0.15, -0.1) is 28.6 Å². The minimum atomic E-state index is -1.13. The highest BCUT2D eigenvalue weighted by Gasteiger charge is 2.56. The van der Waals surface area contributed by atoms with Crippen molar-refractivity contribution < 1.29 is 14.7 Å². The van der Waals surface area contributed by atoms with Crippen LogP contribution in [0.2, 0.25) is 0 Å². The molecule has 0 spiro atoms. The van der Waals surface area contributed by atoms with E-state index in [2.05, 4.69) is 9.59 Å². The van der Waals surface area contributed by atoms with E-state index in [1.165, 1.54) is 35.1 Å². The Bertz CT molecular complexity index is 540. The molecule has 0 saturated carbocycles. The minimum Gasteiger partial charge on any atom is -0.481 e. The van der Waals surface area contributed by atoms with Crippen LogP contribution in [0.3, 0.4) is 0 Å². The number of β-lactam (4-membered cyclic amide) rings is 1. The fourth-order valence-corrected chi connectivity index (χ4v) is 5.44. The number of carbonyl (C=O) groups excluding carboxylic acids is 1. The summed E-state index contributed by atoms with van der Waals surface area (Å²) in [5.74, 6) is -0.651. The van der Waals surface area contributed by atoms with Gasteiger partial charge in [0.25, 0.3) is 0 Å². The SMILES string of the molecule is NC1S[C@@H]2CC(=O)N2CC1(CSc1cnns1)C(=O)O. The van der Waals surface area contributed by atoms with Crippen molar-refractivity contribution in [1.82, 2.24) is 14.5 Å². The fourth-order valence-electron chi connectivity index (χ4n) is 2.23. The van der Waals surface area contributed by atoms with Crippen LogP contribution < -0.4 is 5.73 Å². The van der Waals surface area contributed by atoms with E-state index < -0.39 is 16.8 Å². The van der Waals surface area contributed by atoms with E-state index in [4.69, 9.17) is 5.73 Å². The molecule has 3 N–H and O–H groups in total. The van der Waals surface area contributed by atoms with Gasteiger partial charge in [-0.05, 0) is 11.5 Å². The zero-order valence-electron chi connectivity index (χ0n) is 10.3. The molecule has 10 heteroatoms. The third kappa shape index (κ3) is 2.20. The zero-order chi connectivity index (χ0) is 14.3. The average molecular weight is 332 g/mol. The van der Waals surface area contributed by atoms with Crippen molar-refractivity contribution in [2.45, 2.75) is 21.4 Å². The number of nitrogens with zero attached hydrogens (tertiary/aromatic N) is 3. The highest BCUT2D eigenvalue weighted by Crippen LogP contribution is 2.47. The molecule has 2 fully saturated rings. The van der Waals surface area contributed by atoms with Gasteiger partial charge in [0.15, 0.2) is 0 Å². The Morgan fingerprint density at radius 2 is 2.50 bits per heavy atom. The third-order valence-electron chi connectivity index (χ3n) is 3.56. The second-order valence-corrected chi connectivity index (χ2v) is 8.11. The maximum atomic E-state index is 11.8. The smallest absolute Gasteiger partial charge is 0.314 e. The van der Waals surface area contributed by atoms with E-state index in [1.807, 2.05) is 0 Å². The summed E-state index contributed by atoms with van der Waals surface area (Å²) in [5.41, 5.74) is 4.96. The molecule has 20 heavy (non-hydrogen) atoms. The molecule has 3 heterocycles. The number of thioether (sulfide) groups is 2. The minimum absolute atomic E-state index is 0.00415. The molecule has 2 unspecified atom stereocenters. The number of carbonyl (C=O) groups is 2. The lowest BCUT2D eigenvalue weighted by Gasteiger charge is -2.52. The number of carboxylic acid groups (broad SMARTS) is 1. The largest absolute Gasteiger partial charge is 0.481 e. The molecule has 0 aromatic carbocycles. The van der Waals surface area contributed by atoms with Gasteiger partial charge in [-0.25, -0.2) is 0 Å². The molecule has 3 atom stereocenters. The third-order valence-corrected chi connectivity index (χ3v) is 7.12. The summed E-state index contributed by atoms with van der Waals surface area (Å²) in [6.07, 6.45) is 2.06. The van der Waals surface area contributed by atoms with Gasteiger partial charge < -0.3 is 15.7 Å². The van der Waals surface area contributed by atoms with Crippen molar-refractivity contribution in [1.29, 1.82) is 0 Å². The Kier molecular flexibility index (Phi) is 3.65. The summed E-state index contributed by atoms with van der Waals surface area (Å²) in [4.78, 5) is 24.9. The molecule has 1 aromatic rings. The van der Waals surface area contributed by atoms with Gasteiger partial charge in [0, 0.05) is 12.3 Å². The lowest BCUT2D eigenvalue weighted by atomic mass is 9.87. The Labute approximate surface area is 127 Å². The summed E-state index contributed by atoms with van der Waals surface area (Å²) in [6, 6.07) is 0. The maximum absolute atomic E-state index is 11.8. The van der Waals surface area contributed by atoms with Crippen LogP contribution in [-0.4, -0.2) is 54.5 Å². The molecule has 108 valence electrons. The van der Waals surface area contributed by atoms with Gasteiger partial charge in [0.05, 0.1) is 23.4 Å². The normalized spacial score (nSPS) is 32.6. The first-order chi connectivity index (χ1) is 9.53. The summed E-state index contributed by atoms with van der Waals surface area (Å²) in [6.45, 7) is 0.180. The first-order valence-corrected chi connectivity index (χ1v) is 8.57. The predicted molar refractivity (Wildman–Crippen MR) is 76.4 cm³/mol.